The van der Waals surface area contributed by atoms with Gasteiger partial charge in [-0.15, -0.1) is 0 Å². The zero-order valence-electron chi connectivity index (χ0n) is 11.2. The third-order valence-electron chi connectivity index (χ3n) is 2.89. The van der Waals surface area contributed by atoms with Crippen LogP contribution in [0.5, 0.6) is 0 Å². The molecule has 0 atom stereocenters. The first-order valence-corrected chi connectivity index (χ1v) is 6.14. The van der Waals surface area contributed by atoms with Crippen LogP contribution in [-0.2, 0) is 6.54 Å². The first kappa shape index (κ1) is 13.9. The summed E-state index contributed by atoms with van der Waals surface area (Å²) in [6, 6.07) is 7.31. The maximum Gasteiger partial charge on any atom is 0.490 e. The number of benzene rings is 1. The zero-order chi connectivity index (χ0) is 14.7. The van der Waals surface area contributed by atoms with Gasteiger partial charge in [0.2, 0.25) is 6.33 Å². The fourth-order valence-electron chi connectivity index (χ4n) is 1.74. The molecule has 0 N–H and O–H groups in total. The normalized spacial score (nSPS) is 10.8. The molecule has 0 radical (unpaired) electrons. The SMILES string of the molecule is CC(C)c1ccc(C(=O)Cn2cnc([N+](=O)[O-])n2)cc1. The van der Waals surface area contributed by atoms with Gasteiger partial charge in [-0.2, -0.15) is 4.68 Å². The van der Waals surface area contributed by atoms with E-state index in [1.807, 2.05) is 12.1 Å². The van der Waals surface area contributed by atoms with Crippen LogP contribution in [0.2, 0.25) is 0 Å². The smallest absolute Gasteiger partial charge is 0.390 e. The molecule has 0 saturated carbocycles. The zero-order valence-corrected chi connectivity index (χ0v) is 11.2. The van der Waals surface area contributed by atoms with Crippen molar-refractivity contribution in [1.29, 1.82) is 0 Å². The molecule has 0 aliphatic rings. The van der Waals surface area contributed by atoms with E-state index in [2.05, 4.69) is 23.9 Å². The Bertz CT molecular complexity index is 631. The number of ketones is 1. The lowest BCUT2D eigenvalue weighted by molar-refractivity contribution is -0.394. The summed E-state index contributed by atoms with van der Waals surface area (Å²) in [6.07, 6.45) is 1.18. The van der Waals surface area contributed by atoms with Crippen LogP contribution in [0.25, 0.3) is 0 Å². The van der Waals surface area contributed by atoms with Gasteiger partial charge in [-0.1, -0.05) is 43.1 Å². The number of hydrogen-bond acceptors (Lipinski definition) is 5. The molecule has 7 nitrogen and oxygen atoms in total. The molecule has 1 aromatic carbocycles. The lowest BCUT2D eigenvalue weighted by atomic mass is 10.0. The van der Waals surface area contributed by atoms with Crippen LogP contribution in [-0.4, -0.2) is 25.5 Å². The summed E-state index contributed by atoms with van der Waals surface area (Å²) in [5, 5.41) is 14.1. The molecular formula is C13H14N4O3. The second-order valence-electron chi connectivity index (χ2n) is 4.70. The second-order valence-corrected chi connectivity index (χ2v) is 4.70. The molecule has 2 rings (SSSR count). The Hall–Kier alpha value is -2.57. The molecule has 0 fully saturated rings. The molecule has 1 heterocycles. The largest absolute Gasteiger partial charge is 0.490 e. The van der Waals surface area contributed by atoms with Crippen LogP contribution < -0.4 is 0 Å². The topological polar surface area (TPSA) is 90.9 Å². The first-order chi connectivity index (χ1) is 9.47. The Morgan fingerprint density at radius 1 is 1.35 bits per heavy atom. The lowest BCUT2D eigenvalue weighted by Gasteiger charge is -2.05. The molecule has 0 amide bonds. The van der Waals surface area contributed by atoms with Gasteiger partial charge >= 0.3 is 5.95 Å². The van der Waals surface area contributed by atoms with Crippen molar-refractivity contribution in [3.05, 3.63) is 51.8 Å². The van der Waals surface area contributed by atoms with Gasteiger partial charge in [-0.05, 0) is 16.4 Å². The van der Waals surface area contributed by atoms with Crippen LogP contribution in [0.4, 0.5) is 5.95 Å². The standard InChI is InChI=1S/C13H14N4O3/c1-9(2)10-3-5-11(6-4-10)12(18)7-16-8-14-13(15-16)17(19)20/h3-6,8-9H,7H2,1-2H3. The molecule has 0 unspecified atom stereocenters. The van der Waals surface area contributed by atoms with E-state index in [9.17, 15) is 14.9 Å². The van der Waals surface area contributed by atoms with Gasteiger partial charge in [-0.25, -0.2) is 0 Å². The molecule has 104 valence electrons. The van der Waals surface area contributed by atoms with Crippen molar-refractivity contribution in [2.24, 2.45) is 0 Å². The molecule has 0 aliphatic carbocycles. The highest BCUT2D eigenvalue weighted by atomic mass is 16.6. The van der Waals surface area contributed by atoms with Crippen molar-refractivity contribution in [2.45, 2.75) is 26.3 Å². The van der Waals surface area contributed by atoms with Crippen molar-refractivity contribution in [1.82, 2.24) is 14.8 Å². The predicted molar refractivity (Wildman–Crippen MR) is 71.5 cm³/mol. The number of carbonyl (C=O) groups excluding carboxylic acids is 1. The second kappa shape index (κ2) is 5.60. The summed E-state index contributed by atoms with van der Waals surface area (Å²) in [7, 11) is 0. The Kier molecular flexibility index (Phi) is 3.88. The quantitative estimate of drug-likeness (QED) is 0.473. The molecular weight excluding hydrogens is 260 g/mol. The average Bonchev–Trinajstić information content (AvgIpc) is 2.87. The minimum atomic E-state index is -0.696. The number of carbonyl (C=O) groups is 1. The van der Waals surface area contributed by atoms with Crippen LogP contribution in [0, 0.1) is 10.1 Å². The number of aromatic nitrogens is 3. The molecule has 0 saturated heterocycles. The Morgan fingerprint density at radius 3 is 2.50 bits per heavy atom. The summed E-state index contributed by atoms with van der Waals surface area (Å²) in [5.74, 6) is -0.273. The molecule has 2 aromatic rings. The van der Waals surface area contributed by atoms with Crippen molar-refractivity contribution in [3.8, 4) is 0 Å². The first-order valence-electron chi connectivity index (χ1n) is 6.14. The summed E-state index contributed by atoms with van der Waals surface area (Å²) < 4.78 is 1.16. The highest BCUT2D eigenvalue weighted by Crippen LogP contribution is 2.15. The summed E-state index contributed by atoms with van der Waals surface area (Å²) in [6.45, 7) is 4.08. The van der Waals surface area contributed by atoms with E-state index in [-0.39, 0.29) is 12.3 Å². The minimum Gasteiger partial charge on any atom is -0.390 e. The van der Waals surface area contributed by atoms with Crippen molar-refractivity contribution < 1.29 is 9.72 Å². The molecule has 1 aromatic heterocycles. The van der Waals surface area contributed by atoms with Crippen molar-refractivity contribution in [2.75, 3.05) is 0 Å². The lowest BCUT2D eigenvalue weighted by Crippen LogP contribution is -2.11. The average molecular weight is 274 g/mol. The fourth-order valence-corrected chi connectivity index (χ4v) is 1.74. The maximum absolute atomic E-state index is 12.0. The third-order valence-corrected chi connectivity index (χ3v) is 2.89. The summed E-state index contributed by atoms with van der Waals surface area (Å²) in [4.78, 5) is 25.3. The van der Waals surface area contributed by atoms with E-state index in [1.165, 1.54) is 6.33 Å². The van der Waals surface area contributed by atoms with Gasteiger partial charge in [-0.3, -0.25) is 4.79 Å². The number of Topliss-reactive ketones (excluding diaryl/α,β-unsaturated/α-hetero) is 1. The Morgan fingerprint density at radius 2 is 2.00 bits per heavy atom. The Labute approximate surface area is 115 Å². The molecule has 7 heteroatoms. The number of nitro groups is 1. The van der Waals surface area contributed by atoms with E-state index < -0.39 is 10.9 Å². The Balaban J connectivity index is 2.09. The van der Waals surface area contributed by atoms with Crippen LogP contribution in [0.3, 0.4) is 0 Å². The number of hydrogen-bond donors (Lipinski definition) is 0. The van der Waals surface area contributed by atoms with E-state index in [4.69, 9.17) is 0 Å². The molecule has 0 bridgehead atoms. The van der Waals surface area contributed by atoms with Gasteiger partial charge in [0.25, 0.3) is 0 Å². The summed E-state index contributed by atoms with van der Waals surface area (Å²) in [5.41, 5.74) is 1.70. The highest BCUT2D eigenvalue weighted by molar-refractivity contribution is 5.95. The highest BCUT2D eigenvalue weighted by Gasteiger charge is 2.16. The minimum absolute atomic E-state index is 0.0676. The van der Waals surface area contributed by atoms with Gasteiger partial charge in [0.15, 0.2) is 5.78 Å². The van der Waals surface area contributed by atoms with E-state index in [0.29, 0.717) is 11.5 Å². The van der Waals surface area contributed by atoms with Crippen LogP contribution in [0.1, 0.15) is 35.7 Å². The van der Waals surface area contributed by atoms with Gasteiger partial charge in [0, 0.05) is 10.7 Å². The van der Waals surface area contributed by atoms with Crippen LogP contribution >= 0.6 is 0 Å². The third kappa shape index (κ3) is 3.05. The number of nitrogens with zero attached hydrogens (tertiary/aromatic N) is 4. The maximum atomic E-state index is 12.0. The van der Waals surface area contributed by atoms with Gasteiger partial charge in [0.05, 0.1) is 0 Å². The van der Waals surface area contributed by atoms with Crippen LogP contribution in [0.15, 0.2) is 30.6 Å². The van der Waals surface area contributed by atoms with Crippen molar-refractivity contribution in [3.63, 3.8) is 0 Å². The molecule has 20 heavy (non-hydrogen) atoms. The van der Waals surface area contributed by atoms with Crippen molar-refractivity contribution >= 4 is 11.7 Å². The van der Waals surface area contributed by atoms with Gasteiger partial charge in [0.1, 0.15) is 6.54 Å². The van der Waals surface area contributed by atoms with E-state index in [1.54, 1.807) is 12.1 Å². The summed E-state index contributed by atoms with van der Waals surface area (Å²) >= 11 is 0. The van der Waals surface area contributed by atoms with E-state index >= 15 is 0 Å². The van der Waals surface area contributed by atoms with E-state index in [0.717, 1.165) is 10.2 Å². The number of rotatable bonds is 5. The monoisotopic (exact) mass is 274 g/mol. The predicted octanol–water partition coefficient (Wildman–Crippen LogP) is 2.19. The van der Waals surface area contributed by atoms with Gasteiger partial charge < -0.3 is 10.1 Å². The molecule has 0 spiro atoms. The molecule has 0 aliphatic heterocycles. The fraction of sp³-hybridized carbons (Fsp3) is 0.308.